The maximum absolute atomic E-state index is 12.9. The fourth-order valence-corrected chi connectivity index (χ4v) is 2.92. The van der Waals surface area contributed by atoms with Gasteiger partial charge in [-0.3, -0.25) is 9.59 Å². The average Bonchev–Trinajstić information content (AvgIpc) is 2.76. The maximum atomic E-state index is 12.9. The Morgan fingerprint density at radius 3 is 2.50 bits per heavy atom. The van der Waals surface area contributed by atoms with Gasteiger partial charge in [-0.15, -0.1) is 0 Å². The van der Waals surface area contributed by atoms with Crippen molar-refractivity contribution in [3.8, 4) is 11.5 Å². The number of rotatable bonds is 11. The molecule has 0 radical (unpaired) electrons. The van der Waals surface area contributed by atoms with E-state index in [-0.39, 0.29) is 31.6 Å². The van der Waals surface area contributed by atoms with Gasteiger partial charge in [0.1, 0.15) is 17.5 Å². The second-order valence-corrected chi connectivity index (χ2v) is 7.04. The molecule has 0 bridgehead atoms. The van der Waals surface area contributed by atoms with Crippen molar-refractivity contribution in [1.82, 2.24) is 10.2 Å². The van der Waals surface area contributed by atoms with E-state index >= 15 is 0 Å². The highest BCUT2D eigenvalue weighted by atomic mass is 35.5. The van der Waals surface area contributed by atoms with Crippen LogP contribution in [0.3, 0.4) is 0 Å². The molecule has 2 rings (SSSR count). The van der Waals surface area contributed by atoms with Crippen molar-refractivity contribution in [3.63, 3.8) is 0 Å². The van der Waals surface area contributed by atoms with Gasteiger partial charge in [-0.1, -0.05) is 35.9 Å². The maximum Gasteiger partial charge on any atom is 0.261 e. The third-order valence-electron chi connectivity index (χ3n) is 4.50. The zero-order chi connectivity index (χ0) is 21.9. The summed E-state index contributed by atoms with van der Waals surface area (Å²) in [5.74, 6) is 0.448. The number of aliphatic hydroxyl groups excluding tert-OH is 1. The molecule has 0 saturated carbocycles. The van der Waals surface area contributed by atoms with Crippen LogP contribution in [0.5, 0.6) is 11.5 Å². The van der Waals surface area contributed by atoms with E-state index in [1.54, 1.807) is 50.4 Å². The van der Waals surface area contributed by atoms with Gasteiger partial charge in [0.2, 0.25) is 5.91 Å². The standard InChI is InChI=1S/C22H27ClN2O5/c1-16(22(28)24-12-5-13-26)25(14-17-8-10-18(29-2)11-9-17)21(27)15-30-20-7-4-3-6-19(20)23/h3-4,6-11,16,26H,5,12-15H2,1-2H3,(H,24,28)/t16-/m1/s1. The lowest BCUT2D eigenvalue weighted by molar-refractivity contribution is -0.142. The molecule has 2 N–H and O–H groups in total. The Balaban J connectivity index is 2.12. The van der Waals surface area contributed by atoms with E-state index < -0.39 is 6.04 Å². The molecule has 2 amide bonds. The Kier molecular flexibility index (Phi) is 9.44. The van der Waals surface area contributed by atoms with Crippen LogP contribution in [0.1, 0.15) is 18.9 Å². The number of carbonyl (C=O) groups excluding carboxylic acids is 2. The minimum Gasteiger partial charge on any atom is -0.497 e. The summed E-state index contributed by atoms with van der Waals surface area (Å²) in [5.41, 5.74) is 0.844. The largest absolute Gasteiger partial charge is 0.497 e. The number of benzene rings is 2. The summed E-state index contributed by atoms with van der Waals surface area (Å²) in [4.78, 5) is 26.9. The third-order valence-corrected chi connectivity index (χ3v) is 4.81. The van der Waals surface area contributed by atoms with Gasteiger partial charge < -0.3 is 24.8 Å². The molecule has 1 atom stereocenters. The number of nitrogens with zero attached hydrogens (tertiary/aromatic N) is 1. The molecular formula is C22H27ClN2O5. The van der Waals surface area contributed by atoms with Crippen LogP contribution in [0.25, 0.3) is 0 Å². The van der Waals surface area contributed by atoms with Crippen molar-refractivity contribution >= 4 is 23.4 Å². The van der Waals surface area contributed by atoms with Gasteiger partial charge in [0, 0.05) is 19.7 Å². The first-order valence-electron chi connectivity index (χ1n) is 9.64. The van der Waals surface area contributed by atoms with Crippen LogP contribution >= 0.6 is 11.6 Å². The number of aliphatic hydroxyl groups is 1. The Morgan fingerprint density at radius 2 is 1.87 bits per heavy atom. The lowest BCUT2D eigenvalue weighted by Crippen LogP contribution is -2.49. The molecule has 0 aromatic heterocycles. The first-order chi connectivity index (χ1) is 14.5. The van der Waals surface area contributed by atoms with Crippen molar-refractivity contribution in [2.24, 2.45) is 0 Å². The van der Waals surface area contributed by atoms with Crippen LogP contribution in [0.2, 0.25) is 5.02 Å². The number of hydrogen-bond acceptors (Lipinski definition) is 5. The minimum absolute atomic E-state index is 0.0190. The van der Waals surface area contributed by atoms with E-state index in [2.05, 4.69) is 5.32 Å². The number of methoxy groups -OCH3 is 1. The first-order valence-corrected chi connectivity index (χ1v) is 10.0. The molecule has 7 nitrogen and oxygen atoms in total. The average molecular weight is 435 g/mol. The summed E-state index contributed by atoms with van der Waals surface area (Å²) in [6.07, 6.45) is 0.445. The number of nitrogens with one attached hydrogen (secondary N) is 1. The fraction of sp³-hybridized carbons (Fsp3) is 0.364. The number of carbonyl (C=O) groups is 2. The van der Waals surface area contributed by atoms with Gasteiger partial charge >= 0.3 is 0 Å². The quantitative estimate of drug-likeness (QED) is 0.531. The molecule has 0 fully saturated rings. The highest BCUT2D eigenvalue weighted by Gasteiger charge is 2.26. The van der Waals surface area contributed by atoms with Gasteiger partial charge in [-0.05, 0) is 43.2 Å². The highest BCUT2D eigenvalue weighted by Crippen LogP contribution is 2.23. The number of halogens is 1. The number of ether oxygens (including phenoxy) is 2. The molecule has 0 unspecified atom stereocenters. The van der Waals surface area contributed by atoms with Crippen LogP contribution in [-0.4, -0.2) is 54.7 Å². The van der Waals surface area contributed by atoms with Crippen LogP contribution in [0.4, 0.5) is 0 Å². The van der Waals surface area contributed by atoms with Crippen molar-refractivity contribution < 1.29 is 24.2 Å². The third kappa shape index (κ3) is 6.93. The minimum atomic E-state index is -0.729. The summed E-state index contributed by atoms with van der Waals surface area (Å²) < 4.78 is 10.7. The Labute approximate surface area is 181 Å². The predicted molar refractivity (Wildman–Crippen MR) is 115 cm³/mol. The van der Waals surface area contributed by atoms with E-state index in [0.717, 1.165) is 5.56 Å². The topological polar surface area (TPSA) is 88.1 Å². The smallest absolute Gasteiger partial charge is 0.261 e. The summed E-state index contributed by atoms with van der Waals surface area (Å²) in [5, 5.41) is 12.0. The van der Waals surface area contributed by atoms with Gasteiger partial charge in [0.25, 0.3) is 5.91 Å². The molecule has 0 spiro atoms. The lowest BCUT2D eigenvalue weighted by atomic mass is 10.1. The van der Waals surface area contributed by atoms with Crippen molar-refractivity contribution in [2.45, 2.75) is 25.9 Å². The van der Waals surface area contributed by atoms with Gasteiger partial charge in [0.05, 0.1) is 12.1 Å². The van der Waals surface area contributed by atoms with Crippen LogP contribution in [0, 0.1) is 0 Å². The molecule has 0 aliphatic rings. The fourth-order valence-electron chi connectivity index (χ4n) is 2.73. The van der Waals surface area contributed by atoms with E-state index in [0.29, 0.717) is 29.5 Å². The zero-order valence-electron chi connectivity index (χ0n) is 17.1. The number of amides is 2. The van der Waals surface area contributed by atoms with E-state index in [1.165, 1.54) is 4.90 Å². The van der Waals surface area contributed by atoms with Gasteiger partial charge in [-0.25, -0.2) is 0 Å². The van der Waals surface area contributed by atoms with E-state index in [1.807, 2.05) is 12.1 Å². The van der Waals surface area contributed by atoms with Crippen LogP contribution < -0.4 is 14.8 Å². The summed E-state index contributed by atoms with van der Waals surface area (Å²) in [6, 6.07) is 13.4. The summed E-state index contributed by atoms with van der Waals surface area (Å²) >= 11 is 6.08. The van der Waals surface area contributed by atoms with Crippen molar-refractivity contribution in [2.75, 3.05) is 26.9 Å². The van der Waals surface area contributed by atoms with E-state index in [9.17, 15) is 9.59 Å². The highest BCUT2D eigenvalue weighted by molar-refractivity contribution is 6.32. The molecule has 2 aromatic carbocycles. The van der Waals surface area contributed by atoms with Crippen LogP contribution in [-0.2, 0) is 16.1 Å². The molecule has 0 heterocycles. The van der Waals surface area contributed by atoms with Gasteiger partial charge in [-0.2, -0.15) is 0 Å². The summed E-state index contributed by atoms with van der Waals surface area (Å²) in [7, 11) is 1.58. The molecule has 8 heteroatoms. The van der Waals surface area contributed by atoms with Crippen molar-refractivity contribution in [3.05, 3.63) is 59.1 Å². The lowest BCUT2D eigenvalue weighted by Gasteiger charge is -2.29. The second-order valence-electron chi connectivity index (χ2n) is 6.63. The number of hydrogen-bond donors (Lipinski definition) is 2. The normalized spacial score (nSPS) is 11.5. The monoisotopic (exact) mass is 434 g/mol. The van der Waals surface area contributed by atoms with Gasteiger partial charge in [0.15, 0.2) is 6.61 Å². The Morgan fingerprint density at radius 1 is 1.17 bits per heavy atom. The SMILES string of the molecule is COc1ccc(CN(C(=O)COc2ccccc2Cl)[C@H](C)C(=O)NCCCO)cc1. The second kappa shape index (κ2) is 12.0. The predicted octanol–water partition coefficient (Wildman–Crippen LogP) is 2.64. The van der Waals surface area contributed by atoms with E-state index in [4.69, 9.17) is 26.2 Å². The first kappa shape index (κ1) is 23.5. The zero-order valence-corrected chi connectivity index (χ0v) is 17.9. The summed E-state index contributed by atoms with van der Waals surface area (Å²) in [6.45, 7) is 1.94. The molecule has 30 heavy (non-hydrogen) atoms. The number of para-hydroxylation sites is 1. The molecule has 0 saturated heterocycles. The molecule has 0 aliphatic carbocycles. The molecule has 0 aliphatic heterocycles. The Hall–Kier alpha value is -2.77. The van der Waals surface area contributed by atoms with Crippen molar-refractivity contribution in [1.29, 1.82) is 0 Å². The molecule has 2 aromatic rings. The van der Waals surface area contributed by atoms with Crippen LogP contribution in [0.15, 0.2) is 48.5 Å². The Bertz CT molecular complexity index is 829. The molecule has 162 valence electrons. The molecular weight excluding hydrogens is 408 g/mol.